The second-order valence-corrected chi connectivity index (χ2v) is 7.59. The molecule has 0 amide bonds. The fourth-order valence-electron chi connectivity index (χ4n) is 3.57. The Morgan fingerprint density at radius 3 is 1.88 bits per heavy atom. The summed E-state index contributed by atoms with van der Waals surface area (Å²) in [6.07, 6.45) is 4.04. The molecule has 1 N–H and O–H groups in total. The summed E-state index contributed by atoms with van der Waals surface area (Å²) >= 11 is 0. The molecule has 0 aliphatic carbocycles. The van der Waals surface area contributed by atoms with Crippen LogP contribution in [-0.4, -0.2) is 39.5 Å². The molecule has 32 heavy (non-hydrogen) atoms. The second kappa shape index (κ2) is 14.2. The number of hydrogen-bond donors (Lipinski definition) is 1. The minimum atomic E-state index is -0.711. The van der Waals surface area contributed by atoms with E-state index in [1.165, 1.54) is 16.7 Å². The van der Waals surface area contributed by atoms with Crippen LogP contribution in [0.3, 0.4) is 0 Å². The summed E-state index contributed by atoms with van der Waals surface area (Å²) in [5, 5.41) is 7.91. The maximum atomic E-state index is 9.60. The van der Waals surface area contributed by atoms with E-state index >= 15 is 0 Å². The smallest absolute Gasteiger partial charge is 0.303 e. The van der Waals surface area contributed by atoms with Crippen LogP contribution in [0.4, 0.5) is 0 Å². The Morgan fingerprint density at radius 1 is 0.844 bits per heavy atom. The van der Waals surface area contributed by atoms with Gasteiger partial charge in [0.05, 0.1) is 28.4 Å². The van der Waals surface area contributed by atoms with Crippen LogP contribution in [0.2, 0.25) is 0 Å². The Hall–Kier alpha value is -2.89. The molecule has 2 aromatic rings. The highest BCUT2D eigenvalue weighted by Crippen LogP contribution is 2.36. The number of methoxy groups -OCH3 is 4. The third kappa shape index (κ3) is 7.98. The van der Waals surface area contributed by atoms with E-state index in [0.717, 1.165) is 48.7 Å². The van der Waals surface area contributed by atoms with E-state index in [4.69, 9.17) is 24.1 Å². The Labute approximate surface area is 192 Å². The molecule has 0 aliphatic heterocycles. The van der Waals surface area contributed by atoms with Crippen molar-refractivity contribution < 1.29 is 28.8 Å². The number of ether oxygens (including phenoxy) is 4. The van der Waals surface area contributed by atoms with Crippen LogP contribution in [-0.2, 0) is 17.6 Å². The normalized spacial score (nSPS) is 11.1. The van der Waals surface area contributed by atoms with Crippen molar-refractivity contribution in [3.05, 3.63) is 47.0 Å². The molecule has 0 saturated carbocycles. The van der Waals surface area contributed by atoms with E-state index in [1.807, 2.05) is 13.0 Å². The van der Waals surface area contributed by atoms with Gasteiger partial charge >= 0.3 is 5.97 Å². The standard InChI is InChI=1S/C22H30O4.C4H8O2/c1-7-8-17-13-21(25-5)22(26-6)14-18(17)15(2)11-16-9-10-19(23-3)20(12-16)24-4;1-2-3-4(5)6/h9-10,12-15H,7-8,11H2,1-6H3;2-3H2,1H3,(H,5,6). The van der Waals surface area contributed by atoms with Crippen molar-refractivity contribution in [1.82, 2.24) is 0 Å². The maximum Gasteiger partial charge on any atom is 0.303 e. The first-order valence-electron chi connectivity index (χ1n) is 11.0. The molecule has 178 valence electrons. The molecule has 0 fully saturated rings. The highest BCUT2D eigenvalue weighted by Gasteiger charge is 2.17. The number of carboxylic acid groups (broad SMARTS) is 1. The molecule has 0 bridgehead atoms. The van der Waals surface area contributed by atoms with Gasteiger partial charge in [0.2, 0.25) is 0 Å². The fraction of sp³-hybridized carbons (Fsp3) is 0.500. The van der Waals surface area contributed by atoms with E-state index in [2.05, 4.69) is 38.1 Å². The van der Waals surface area contributed by atoms with Crippen molar-refractivity contribution in [1.29, 1.82) is 0 Å². The molecular formula is C26H38O6. The van der Waals surface area contributed by atoms with Gasteiger partial charge in [-0.25, -0.2) is 0 Å². The Balaban J connectivity index is 0.000000751. The van der Waals surface area contributed by atoms with Gasteiger partial charge in [-0.05, 0) is 66.1 Å². The lowest BCUT2D eigenvalue weighted by Gasteiger charge is -2.20. The summed E-state index contributed by atoms with van der Waals surface area (Å²) in [7, 11) is 6.68. The monoisotopic (exact) mass is 446 g/mol. The number of benzene rings is 2. The van der Waals surface area contributed by atoms with Crippen LogP contribution in [0.1, 0.15) is 62.6 Å². The second-order valence-electron chi connectivity index (χ2n) is 7.59. The molecule has 6 heteroatoms. The zero-order valence-corrected chi connectivity index (χ0v) is 20.5. The van der Waals surface area contributed by atoms with Crippen molar-refractivity contribution in [2.45, 2.75) is 58.8 Å². The summed E-state index contributed by atoms with van der Waals surface area (Å²) in [6.45, 7) is 6.28. The van der Waals surface area contributed by atoms with Crippen LogP contribution >= 0.6 is 0 Å². The van der Waals surface area contributed by atoms with Crippen molar-refractivity contribution in [3.8, 4) is 23.0 Å². The highest BCUT2D eigenvalue weighted by atomic mass is 16.5. The number of hydrogen-bond acceptors (Lipinski definition) is 5. The number of carboxylic acids is 1. The van der Waals surface area contributed by atoms with Gasteiger partial charge in [0, 0.05) is 6.42 Å². The topological polar surface area (TPSA) is 74.2 Å². The first kappa shape index (κ1) is 27.1. The van der Waals surface area contributed by atoms with Crippen molar-refractivity contribution in [2.75, 3.05) is 28.4 Å². The van der Waals surface area contributed by atoms with Crippen molar-refractivity contribution in [3.63, 3.8) is 0 Å². The highest BCUT2D eigenvalue weighted by molar-refractivity contribution is 5.66. The first-order chi connectivity index (χ1) is 15.3. The summed E-state index contributed by atoms with van der Waals surface area (Å²) in [6, 6.07) is 10.3. The molecule has 0 aromatic heterocycles. The number of aryl methyl sites for hydroxylation is 1. The Morgan fingerprint density at radius 2 is 1.41 bits per heavy atom. The Kier molecular flexibility index (Phi) is 12.1. The van der Waals surface area contributed by atoms with Crippen LogP contribution in [0.5, 0.6) is 23.0 Å². The molecular weight excluding hydrogens is 408 g/mol. The number of carbonyl (C=O) groups is 1. The van der Waals surface area contributed by atoms with Gasteiger partial charge < -0.3 is 24.1 Å². The lowest BCUT2D eigenvalue weighted by atomic mass is 9.88. The third-order valence-corrected chi connectivity index (χ3v) is 5.15. The molecule has 2 aromatic carbocycles. The minimum Gasteiger partial charge on any atom is -0.493 e. The van der Waals surface area contributed by atoms with Crippen LogP contribution in [0, 0.1) is 0 Å². The largest absolute Gasteiger partial charge is 0.493 e. The predicted molar refractivity (Wildman–Crippen MR) is 128 cm³/mol. The molecule has 6 nitrogen and oxygen atoms in total. The molecule has 1 atom stereocenters. The number of rotatable bonds is 11. The van der Waals surface area contributed by atoms with Gasteiger partial charge in [-0.2, -0.15) is 0 Å². The zero-order valence-electron chi connectivity index (χ0n) is 20.5. The van der Waals surface area contributed by atoms with Gasteiger partial charge in [0.1, 0.15) is 0 Å². The van der Waals surface area contributed by atoms with Gasteiger partial charge in [0.25, 0.3) is 0 Å². The van der Waals surface area contributed by atoms with Crippen molar-refractivity contribution >= 4 is 5.97 Å². The maximum absolute atomic E-state index is 9.60. The summed E-state index contributed by atoms with van der Waals surface area (Å²) in [4.78, 5) is 9.60. The van der Waals surface area contributed by atoms with E-state index in [1.54, 1.807) is 28.4 Å². The zero-order chi connectivity index (χ0) is 24.1. The van der Waals surface area contributed by atoms with E-state index < -0.39 is 5.97 Å². The minimum absolute atomic E-state index is 0.292. The van der Waals surface area contributed by atoms with E-state index in [0.29, 0.717) is 12.3 Å². The molecule has 0 heterocycles. The molecule has 0 spiro atoms. The number of aliphatic carboxylic acids is 1. The first-order valence-corrected chi connectivity index (χ1v) is 11.0. The molecule has 0 saturated heterocycles. The van der Waals surface area contributed by atoms with Gasteiger partial charge in [-0.1, -0.05) is 33.3 Å². The SMILES string of the molecule is CCCC(=O)O.CCCc1cc(OC)c(OC)cc1C(C)Cc1ccc(OC)c(OC)c1. The molecule has 2 rings (SSSR count). The molecule has 0 aliphatic rings. The summed E-state index contributed by atoms with van der Waals surface area (Å²) in [5.41, 5.74) is 3.84. The van der Waals surface area contributed by atoms with Crippen LogP contribution in [0.15, 0.2) is 30.3 Å². The average molecular weight is 447 g/mol. The lowest BCUT2D eigenvalue weighted by molar-refractivity contribution is -0.137. The van der Waals surface area contributed by atoms with Crippen LogP contribution < -0.4 is 18.9 Å². The van der Waals surface area contributed by atoms with Crippen LogP contribution in [0.25, 0.3) is 0 Å². The third-order valence-electron chi connectivity index (χ3n) is 5.15. The van der Waals surface area contributed by atoms with Gasteiger partial charge in [-0.15, -0.1) is 0 Å². The quantitative estimate of drug-likeness (QED) is 0.464. The van der Waals surface area contributed by atoms with Gasteiger partial charge in [0.15, 0.2) is 23.0 Å². The Bertz CT molecular complexity index is 846. The summed E-state index contributed by atoms with van der Waals surface area (Å²) < 4.78 is 21.8. The van der Waals surface area contributed by atoms with Crippen molar-refractivity contribution in [2.24, 2.45) is 0 Å². The van der Waals surface area contributed by atoms with Gasteiger partial charge in [-0.3, -0.25) is 4.79 Å². The molecule has 0 radical (unpaired) electrons. The summed E-state index contributed by atoms with van der Waals surface area (Å²) in [5.74, 6) is 2.71. The molecule has 1 unspecified atom stereocenters. The van der Waals surface area contributed by atoms with E-state index in [-0.39, 0.29) is 0 Å². The lowest BCUT2D eigenvalue weighted by Crippen LogP contribution is -2.05. The van der Waals surface area contributed by atoms with E-state index in [9.17, 15) is 4.79 Å². The predicted octanol–water partition coefficient (Wildman–Crippen LogP) is 5.89. The fourth-order valence-corrected chi connectivity index (χ4v) is 3.57. The average Bonchev–Trinajstić information content (AvgIpc) is 2.79.